The lowest BCUT2D eigenvalue weighted by atomic mass is 10.1. The Morgan fingerprint density at radius 3 is 2.00 bits per heavy atom. The summed E-state index contributed by atoms with van der Waals surface area (Å²) in [5.74, 6) is -0.402. The topological polar surface area (TPSA) is 154 Å². The van der Waals surface area contributed by atoms with Gasteiger partial charge in [0.1, 0.15) is 5.56 Å². The van der Waals surface area contributed by atoms with E-state index in [4.69, 9.17) is 0 Å². The molecule has 0 unspecified atom stereocenters. The third kappa shape index (κ3) is 5.01. The molecule has 25 heavy (non-hydrogen) atoms. The molecule has 11 nitrogen and oxygen atoms in total. The van der Waals surface area contributed by atoms with Crippen LogP contribution in [0.4, 0.5) is 11.5 Å². The second-order valence-electron chi connectivity index (χ2n) is 6.08. The number of anilines is 2. The predicted molar refractivity (Wildman–Crippen MR) is 92.7 cm³/mol. The number of rotatable bonds is 5. The summed E-state index contributed by atoms with van der Waals surface area (Å²) in [4.78, 5) is 3.79. The van der Waals surface area contributed by atoms with Crippen molar-refractivity contribution in [2.45, 2.75) is 26.3 Å². The number of hydrogen-bond donors (Lipinski definition) is 2. The third-order valence-corrected chi connectivity index (χ3v) is 4.94. The Kier molecular flexibility index (Phi) is 5.69. The second-order valence-corrected chi connectivity index (χ2v) is 8.97. The molecule has 13 heteroatoms. The SMILES string of the molecule is CN(c1ccnc(N(C)S(=O)(=O)O)c1C=[N+]([O-])C(C)(C)C)S(=O)(=O)O. The average molecular weight is 396 g/mol. The number of pyridine rings is 1. The van der Waals surface area contributed by atoms with Crippen LogP contribution >= 0.6 is 0 Å². The van der Waals surface area contributed by atoms with Crippen LogP contribution in [0.25, 0.3) is 0 Å². The first-order chi connectivity index (χ1) is 11.1. The van der Waals surface area contributed by atoms with E-state index < -0.39 is 32.0 Å². The van der Waals surface area contributed by atoms with Gasteiger partial charge in [-0.15, -0.1) is 0 Å². The molecule has 1 heterocycles. The van der Waals surface area contributed by atoms with Crippen molar-refractivity contribution in [1.29, 1.82) is 0 Å². The minimum atomic E-state index is -4.73. The minimum Gasteiger partial charge on any atom is -0.623 e. The summed E-state index contributed by atoms with van der Waals surface area (Å²) < 4.78 is 65.4. The van der Waals surface area contributed by atoms with Gasteiger partial charge in [0, 0.05) is 41.1 Å². The minimum absolute atomic E-state index is 0.215. The lowest BCUT2D eigenvalue weighted by Crippen LogP contribution is -2.33. The lowest BCUT2D eigenvalue weighted by Gasteiger charge is -2.23. The predicted octanol–water partition coefficient (Wildman–Crippen LogP) is 0.287. The van der Waals surface area contributed by atoms with Crippen molar-refractivity contribution in [1.82, 2.24) is 4.98 Å². The van der Waals surface area contributed by atoms with Crippen molar-refractivity contribution in [2.75, 3.05) is 22.7 Å². The van der Waals surface area contributed by atoms with Crippen molar-refractivity contribution in [3.05, 3.63) is 23.0 Å². The normalized spacial score (nSPS) is 13.6. The van der Waals surface area contributed by atoms with Gasteiger partial charge in [-0.1, -0.05) is 0 Å². The van der Waals surface area contributed by atoms with Crippen LogP contribution in [-0.2, 0) is 20.6 Å². The Morgan fingerprint density at radius 1 is 1.12 bits per heavy atom. The first kappa shape index (κ1) is 21.1. The summed E-state index contributed by atoms with van der Waals surface area (Å²) in [6, 6.07) is 1.16. The molecule has 1 rings (SSSR count). The molecule has 0 aliphatic rings. The van der Waals surface area contributed by atoms with Gasteiger partial charge in [0.15, 0.2) is 17.6 Å². The van der Waals surface area contributed by atoms with Gasteiger partial charge >= 0.3 is 20.6 Å². The van der Waals surface area contributed by atoms with Gasteiger partial charge in [-0.25, -0.2) is 18.3 Å². The summed E-state index contributed by atoms with van der Waals surface area (Å²) in [5.41, 5.74) is -1.38. The van der Waals surface area contributed by atoms with Gasteiger partial charge in [0.05, 0.1) is 5.69 Å². The van der Waals surface area contributed by atoms with Gasteiger partial charge in [-0.3, -0.25) is 9.11 Å². The summed E-state index contributed by atoms with van der Waals surface area (Å²) >= 11 is 0. The molecule has 0 spiro atoms. The quantitative estimate of drug-likeness (QED) is 0.237. The molecule has 0 radical (unpaired) electrons. The number of hydrogen-bond acceptors (Lipinski definition) is 6. The highest BCUT2D eigenvalue weighted by Gasteiger charge is 2.28. The molecule has 0 aromatic carbocycles. The van der Waals surface area contributed by atoms with E-state index in [0.29, 0.717) is 13.3 Å². The first-order valence-corrected chi connectivity index (χ1v) is 9.59. The number of aromatic nitrogens is 1. The van der Waals surface area contributed by atoms with Crippen LogP contribution in [0.2, 0.25) is 0 Å². The maximum atomic E-state index is 12.3. The molecule has 1 aromatic rings. The van der Waals surface area contributed by atoms with Crippen LogP contribution in [0.15, 0.2) is 12.3 Å². The maximum absolute atomic E-state index is 12.3. The maximum Gasteiger partial charge on any atom is 0.360 e. The van der Waals surface area contributed by atoms with Crippen molar-refractivity contribution in [3.63, 3.8) is 0 Å². The number of nitrogens with zero attached hydrogens (tertiary/aromatic N) is 4. The summed E-state index contributed by atoms with van der Waals surface area (Å²) in [6.45, 7) is 4.72. The molecule has 0 fully saturated rings. The molecule has 2 N–H and O–H groups in total. The highest BCUT2D eigenvalue weighted by molar-refractivity contribution is 7.87. The van der Waals surface area contributed by atoms with Crippen LogP contribution in [0.3, 0.4) is 0 Å². The van der Waals surface area contributed by atoms with E-state index in [1.54, 1.807) is 20.8 Å². The van der Waals surface area contributed by atoms with Crippen molar-refractivity contribution in [3.8, 4) is 0 Å². The Balaban J connectivity index is 3.83. The van der Waals surface area contributed by atoms with Crippen molar-refractivity contribution >= 4 is 38.3 Å². The van der Waals surface area contributed by atoms with Crippen LogP contribution in [-0.4, -0.2) is 61.5 Å². The Morgan fingerprint density at radius 2 is 1.60 bits per heavy atom. The molecular weight excluding hydrogens is 376 g/mol. The van der Waals surface area contributed by atoms with E-state index in [0.717, 1.165) is 32.6 Å². The van der Waals surface area contributed by atoms with Crippen LogP contribution < -0.4 is 8.61 Å². The highest BCUT2D eigenvalue weighted by atomic mass is 32.2. The molecule has 0 bridgehead atoms. The van der Waals surface area contributed by atoms with Gasteiger partial charge in [0.2, 0.25) is 0 Å². The fourth-order valence-electron chi connectivity index (χ4n) is 1.65. The van der Waals surface area contributed by atoms with Gasteiger partial charge in [-0.05, 0) is 6.07 Å². The Hall–Kier alpha value is -1.96. The molecule has 0 saturated heterocycles. The largest absolute Gasteiger partial charge is 0.623 e. The van der Waals surface area contributed by atoms with Crippen molar-refractivity contribution < 1.29 is 30.7 Å². The van der Waals surface area contributed by atoms with Crippen molar-refractivity contribution in [2.24, 2.45) is 0 Å². The van der Waals surface area contributed by atoms with Crippen LogP contribution in [0, 0.1) is 5.21 Å². The first-order valence-electron chi connectivity index (χ1n) is 6.80. The zero-order valence-electron chi connectivity index (χ0n) is 14.3. The lowest BCUT2D eigenvalue weighted by molar-refractivity contribution is -0.530. The molecule has 0 aliphatic heterocycles. The fourth-order valence-corrected chi connectivity index (χ4v) is 2.42. The van der Waals surface area contributed by atoms with E-state index in [-0.39, 0.29) is 11.3 Å². The van der Waals surface area contributed by atoms with Crippen LogP contribution in [0.1, 0.15) is 26.3 Å². The second kappa shape index (κ2) is 6.74. The molecule has 0 amide bonds. The third-order valence-electron chi connectivity index (χ3n) is 3.18. The van der Waals surface area contributed by atoms with E-state index in [2.05, 4.69) is 4.98 Å². The molecule has 0 saturated carbocycles. The summed E-state index contributed by atoms with van der Waals surface area (Å²) in [6.07, 6.45) is 2.00. The van der Waals surface area contributed by atoms with E-state index in [1.807, 2.05) is 0 Å². The smallest absolute Gasteiger partial charge is 0.360 e. The standard InChI is InChI=1S/C12H20N4O7S2/c1-12(2,3)16(17)8-9-10(14(4)24(18,19)20)6-7-13-11(9)15(5)25(21,22)23/h6-8H,1-5H3,(H,18,19,20)(H,21,22,23). The average Bonchev–Trinajstić information content (AvgIpc) is 2.42. The monoisotopic (exact) mass is 396 g/mol. The van der Waals surface area contributed by atoms with E-state index in [9.17, 15) is 31.1 Å². The molecule has 0 atom stereocenters. The molecule has 1 aromatic heterocycles. The summed E-state index contributed by atoms with van der Waals surface area (Å²) in [7, 11) is -7.44. The molecule has 142 valence electrons. The van der Waals surface area contributed by atoms with Gasteiger partial charge in [0.25, 0.3) is 0 Å². The zero-order valence-corrected chi connectivity index (χ0v) is 15.9. The van der Waals surface area contributed by atoms with Crippen LogP contribution in [0.5, 0.6) is 0 Å². The highest BCUT2D eigenvalue weighted by Crippen LogP contribution is 2.28. The van der Waals surface area contributed by atoms with Gasteiger partial charge in [-0.2, -0.15) is 16.8 Å². The summed E-state index contributed by atoms with van der Waals surface area (Å²) in [5, 5.41) is 12.3. The van der Waals surface area contributed by atoms with E-state index >= 15 is 0 Å². The fraction of sp³-hybridized carbons (Fsp3) is 0.500. The zero-order chi connectivity index (χ0) is 19.8. The Bertz CT molecular complexity index is 832. The molecule has 0 aliphatic carbocycles. The van der Waals surface area contributed by atoms with Gasteiger partial charge < -0.3 is 5.21 Å². The Labute approximate surface area is 146 Å². The van der Waals surface area contributed by atoms with E-state index in [1.165, 1.54) is 0 Å². The number of hydroxylamine groups is 1. The molecular formula is C12H20N4O7S2.